The summed E-state index contributed by atoms with van der Waals surface area (Å²) in [6.45, 7) is 0.335. The number of hydrogen-bond donors (Lipinski definition) is 1. The molecule has 0 unspecified atom stereocenters. The molecule has 106 valence electrons. The van der Waals surface area contributed by atoms with Crippen molar-refractivity contribution in [1.29, 1.82) is 0 Å². The van der Waals surface area contributed by atoms with Crippen LogP contribution in [-0.2, 0) is 16.4 Å². The molecular weight excluding hydrogens is 342 g/mol. The Morgan fingerprint density at radius 2 is 1.75 bits per heavy atom. The second-order valence-corrected chi connectivity index (χ2v) is 7.26. The van der Waals surface area contributed by atoms with Gasteiger partial charge in [-0.25, -0.2) is 23.1 Å². The van der Waals surface area contributed by atoms with E-state index in [-0.39, 0.29) is 4.66 Å². The summed E-state index contributed by atoms with van der Waals surface area (Å²) in [4.78, 5) is 8.57. The number of alkyl halides is 1. The highest BCUT2D eigenvalue weighted by atomic mass is 79.9. The standard InChI is InChI=1S/C13H14BrN3O2S/c14-10-20(18,19)17-7-6-11-8-15-13(16-9-11)12-4-2-1-3-5-12/h1-5,8-9,17H,6-7,10H2. The highest BCUT2D eigenvalue weighted by Crippen LogP contribution is 2.13. The van der Waals surface area contributed by atoms with Crippen LogP contribution in [0.25, 0.3) is 11.4 Å². The zero-order chi connectivity index (χ0) is 14.4. The summed E-state index contributed by atoms with van der Waals surface area (Å²) < 4.78 is 24.9. The van der Waals surface area contributed by atoms with Gasteiger partial charge in [-0.15, -0.1) is 0 Å². The smallest absolute Gasteiger partial charge is 0.221 e. The van der Waals surface area contributed by atoms with Crippen molar-refractivity contribution in [2.75, 3.05) is 11.2 Å². The molecule has 0 bridgehead atoms. The van der Waals surface area contributed by atoms with Gasteiger partial charge in [-0.3, -0.25) is 0 Å². The minimum Gasteiger partial charge on any atom is -0.236 e. The lowest BCUT2D eigenvalue weighted by molar-refractivity contribution is 0.587. The molecule has 20 heavy (non-hydrogen) atoms. The van der Waals surface area contributed by atoms with Gasteiger partial charge in [-0.2, -0.15) is 0 Å². The third-order valence-electron chi connectivity index (χ3n) is 2.62. The van der Waals surface area contributed by atoms with Gasteiger partial charge in [0.2, 0.25) is 10.0 Å². The predicted molar refractivity (Wildman–Crippen MR) is 81.9 cm³/mol. The molecule has 1 aromatic carbocycles. The highest BCUT2D eigenvalue weighted by molar-refractivity contribution is 9.10. The van der Waals surface area contributed by atoms with E-state index in [2.05, 4.69) is 30.6 Å². The van der Waals surface area contributed by atoms with Gasteiger partial charge in [0.15, 0.2) is 5.82 Å². The Morgan fingerprint density at radius 3 is 2.35 bits per heavy atom. The van der Waals surface area contributed by atoms with Gasteiger partial charge in [-0.05, 0) is 12.0 Å². The molecule has 1 aromatic heterocycles. The highest BCUT2D eigenvalue weighted by Gasteiger charge is 2.06. The molecule has 7 heteroatoms. The molecule has 5 nitrogen and oxygen atoms in total. The van der Waals surface area contributed by atoms with Crippen LogP contribution in [0, 0.1) is 0 Å². The fraction of sp³-hybridized carbons (Fsp3) is 0.231. The Morgan fingerprint density at radius 1 is 1.10 bits per heavy atom. The van der Waals surface area contributed by atoms with Gasteiger partial charge in [0.05, 0.1) is 0 Å². The largest absolute Gasteiger partial charge is 0.236 e. The Hall–Kier alpha value is -1.31. The molecule has 0 aliphatic carbocycles. The maximum Gasteiger partial charge on any atom is 0.221 e. The van der Waals surface area contributed by atoms with E-state index in [1.54, 1.807) is 12.4 Å². The Bertz CT molecular complexity index is 645. The molecule has 0 aliphatic rings. The van der Waals surface area contributed by atoms with E-state index in [9.17, 15) is 8.42 Å². The number of nitrogens with one attached hydrogen (secondary N) is 1. The first-order chi connectivity index (χ1) is 9.61. The van der Waals surface area contributed by atoms with Crippen LogP contribution in [0.4, 0.5) is 0 Å². The molecule has 0 fully saturated rings. The number of rotatable bonds is 6. The van der Waals surface area contributed by atoms with Crippen molar-refractivity contribution in [3.05, 3.63) is 48.3 Å². The average Bonchev–Trinajstić information content (AvgIpc) is 2.49. The van der Waals surface area contributed by atoms with E-state index in [0.717, 1.165) is 11.1 Å². The monoisotopic (exact) mass is 355 g/mol. The van der Waals surface area contributed by atoms with Crippen molar-refractivity contribution in [1.82, 2.24) is 14.7 Å². The normalized spacial score (nSPS) is 11.4. The zero-order valence-corrected chi connectivity index (χ0v) is 13.1. The Kier molecular flexibility index (Phi) is 5.22. The SMILES string of the molecule is O=S(=O)(CBr)NCCc1cnc(-c2ccccc2)nc1. The van der Waals surface area contributed by atoms with Gasteiger partial charge in [0.25, 0.3) is 0 Å². The van der Waals surface area contributed by atoms with E-state index >= 15 is 0 Å². The van der Waals surface area contributed by atoms with Gasteiger partial charge in [0, 0.05) is 24.5 Å². The summed E-state index contributed by atoms with van der Waals surface area (Å²) >= 11 is 2.92. The molecule has 2 aromatic rings. The van der Waals surface area contributed by atoms with Crippen LogP contribution < -0.4 is 4.72 Å². The lowest BCUT2D eigenvalue weighted by Crippen LogP contribution is -2.26. The number of sulfonamides is 1. The van der Waals surface area contributed by atoms with Gasteiger partial charge in [-0.1, -0.05) is 46.3 Å². The number of benzene rings is 1. The Labute approximate surface area is 126 Å². The molecule has 1 heterocycles. The van der Waals surface area contributed by atoms with E-state index in [0.29, 0.717) is 18.8 Å². The van der Waals surface area contributed by atoms with Crippen molar-refractivity contribution in [3.63, 3.8) is 0 Å². The molecule has 0 saturated heterocycles. The second kappa shape index (κ2) is 6.92. The molecular formula is C13H14BrN3O2S. The molecule has 2 rings (SSSR count). The van der Waals surface area contributed by atoms with Gasteiger partial charge < -0.3 is 0 Å². The first kappa shape index (κ1) is 15.1. The first-order valence-corrected chi connectivity index (χ1v) is 8.78. The van der Waals surface area contributed by atoms with Crippen molar-refractivity contribution in [2.45, 2.75) is 6.42 Å². The number of halogens is 1. The van der Waals surface area contributed by atoms with Crippen LogP contribution in [0.15, 0.2) is 42.7 Å². The van der Waals surface area contributed by atoms with E-state index in [1.165, 1.54) is 0 Å². The molecule has 0 saturated carbocycles. The lowest BCUT2D eigenvalue weighted by Gasteiger charge is -2.04. The van der Waals surface area contributed by atoms with E-state index in [1.807, 2.05) is 30.3 Å². The molecule has 0 amide bonds. The summed E-state index contributed by atoms with van der Waals surface area (Å²) in [5.74, 6) is 0.662. The molecule has 0 atom stereocenters. The summed E-state index contributed by atoms with van der Waals surface area (Å²) in [7, 11) is -3.21. The van der Waals surface area contributed by atoms with Crippen molar-refractivity contribution < 1.29 is 8.42 Å². The summed E-state index contributed by atoms with van der Waals surface area (Å²) in [6.07, 6.45) is 4.00. The quantitative estimate of drug-likeness (QED) is 0.804. The van der Waals surface area contributed by atoms with Crippen molar-refractivity contribution >= 4 is 26.0 Å². The Balaban J connectivity index is 1.96. The second-order valence-electron chi connectivity index (χ2n) is 4.15. The average molecular weight is 356 g/mol. The minimum atomic E-state index is -3.21. The summed E-state index contributed by atoms with van der Waals surface area (Å²) in [5, 5.41) is 0. The van der Waals surface area contributed by atoms with Gasteiger partial charge >= 0.3 is 0 Å². The zero-order valence-electron chi connectivity index (χ0n) is 10.7. The maximum absolute atomic E-state index is 11.2. The number of aromatic nitrogens is 2. The summed E-state index contributed by atoms with van der Waals surface area (Å²) in [6, 6.07) is 9.69. The van der Waals surface area contributed by atoms with Crippen LogP contribution >= 0.6 is 15.9 Å². The third-order valence-corrected chi connectivity index (χ3v) is 5.36. The van der Waals surface area contributed by atoms with Crippen LogP contribution in [0.3, 0.4) is 0 Å². The fourth-order valence-corrected chi connectivity index (χ4v) is 2.59. The predicted octanol–water partition coefficient (Wildman–Crippen LogP) is 1.96. The first-order valence-electron chi connectivity index (χ1n) is 6.00. The van der Waals surface area contributed by atoms with Crippen LogP contribution in [-0.4, -0.2) is 29.6 Å². The maximum atomic E-state index is 11.2. The van der Waals surface area contributed by atoms with Crippen LogP contribution in [0.1, 0.15) is 5.56 Å². The third kappa shape index (κ3) is 4.36. The van der Waals surface area contributed by atoms with Crippen LogP contribution in [0.5, 0.6) is 0 Å². The molecule has 0 spiro atoms. The summed E-state index contributed by atoms with van der Waals surface area (Å²) in [5.41, 5.74) is 1.85. The lowest BCUT2D eigenvalue weighted by atomic mass is 10.2. The number of hydrogen-bond acceptors (Lipinski definition) is 4. The van der Waals surface area contributed by atoms with Crippen molar-refractivity contribution in [3.8, 4) is 11.4 Å². The molecule has 1 N–H and O–H groups in total. The minimum absolute atomic E-state index is 0.0938. The molecule has 0 aliphatic heterocycles. The van der Waals surface area contributed by atoms with Crippen LogP contribution in [0.2, 0.25) is 0 Å². The number of nitrogens with zero attached hydrogens (tertiary/aromatic N) is 2. The van der Waals surface area contributed by atoms with Crippen molar-refractivity contribution in [2.24, 2.45) is 0 Å². The van der Waals surface area contributed by atoms with E-state index < -0.39 is 10.0 Å². The topological polar surface area (TPSA) is 72.0 Å². The van der Waals surface area contributed by atoms with Gasteiger partial charge in [0.1, 0.15) is 4.66 Å². The fourth-order valence-electron chi connectivity index (χ4n) is 1.61. The molecule has 0 radical (unpaired) electrons. The van der Waals surface area contributed by atoms with E-state index in [4.69, 9.17) is 0 Å².